The number of aromatic nitrogens is 3. The van der Waals surface area contributed by atoms with Gasteiger partial charge >= 0.3 is 0 Å². The molecule has 6 heteroatoms. The van der Waals surface area contributed by atoms with Gasteiger partial charge in [0.05, 0.1) is 19.6 Å². The molecule has 0 atom stereocenters. The third-order valence-electron chi connectivity index (χ3n) is 4.23. The van der Waals surface area contributed by atoms with Gasteiger partial charge in [-0.2, -0.15) is 5.10 Å². The van der Waals surface area contributed by atoms with E-state index in [1.165, 1.54) is 11.9 Å². The van der Waals surface area contributed by atoms with Crippen LogP contribution in [0, 0.1) is 13.8 Å². The van der Waals surface area contributed by atoms with Crippen molar-refractivity contribution in [3.63, 3.8) is 0 Å². The zero-order valence-electron chi connectivity index (χ0n) is 15.0. The van der Waals surface area contributed by atoms with E-state index in [-0.39, 0.29) is 12.3 Å². The summed E-state index contributed by atoms with van der Waals surface area (Å²) in [6.45, 7) is 4.95. The first-order valence-corrected chi connectivity index (χ1v) is 8.52. The van der Waals surface area contributed by atoms with Gasteiger partial charge in [0.15, 0.2) is 0 Å². The molecule has 0 aliphatic rings. The van der Waals surface area contributed by atoms with Crippen LogP contribution in [0.4, 0.5) is 5.69 Å². The van der Waals surface area contributed by atoms with Crippen molar-refractivity contribution in [1.29, 1.82) is 0 Å². The molecular formula is C20H22N4O2. The summed E-state index contributed by atoms with van der Waals surface area (Å²) in [5.41, 5.74) is 4.03. The molecule has 3 aromatic rings. The van der Waals surface area contributed by atoms with Gasteiger partial charge in [-0.3, -0.25) is 4.79 Å². The maximum atomic E-state index is 12.3. The zero-order valence-corrected chi connectivity index (χ0v) is 15.0. The fourth-order valence-electron chi connectivity index (χ4n) is 2.62. The Bertz CT molecular complexity index is 875. The van der Waals surface area contributed by atoms with Gasteiger partial charge in [-0.1, -0.05) is 30.3 Å². The second-order valence-corrected chi connectivity index (χ2v) is 6.09. The topological polar surface area (TPSA) is 69.0 Å². The Labute approximate surface area is 152 Å². The molecule has 0 spiro atoms. The molecule has 1 heterocycles. The normalized spacial score (nSPS) is 10.5. The minimum absolute atomic E-state index is 0.0821. The van der Waals surface area contributed by atoms with Crippen LogP contribution >= 0.6 is 0 Å². The summed E-state index contributed by atoms with van der Waals surface area (Å²) >= 11 is 0. The van der Waals surface area contributed by atoms with E-state index in [0.717, 1.165) is 22.6 Å². The Morgan fingerprint density at radius 1 is 1.15 bits per heavy atom. The lowest BCUT2D eigenvalue weighted by Crippen LogP contribution is -2.17. The summed E-state index contributed by atoms with van der Waals surface area (Å²) in [5.74, 6) is 0.741. The molecule has 0 saturated carbocycles. The molecule has 3 rings (SSSR count). The van der Waals surface area contributed by atoms with Crippen LogP contribution in [-0.4, -0.2) is 27.3 Å². The number of para-hydroxylation sites is 1. The average molecular weight is 350 g/mol. The number of amides is 1. The number of carbonyl (C=O) groups excluding carboxylic acids is 1. The van der Waals surface area contributed by atoms with Gasteiger partial charge < -0.3 is 10.1 Å². The lowest BCUT2D eigenvalue weighted by Gasteiger charge is -2.13. The Hall–Kier alpha value is -3.15. The van der Waals surface area contributed by atoms with Crippen LogP contribution in [0.2, 0.25) is 0 Å². The summed E-state index contributed by atoms with van der Waals surface area (Å²) in [6, 6.07) is 13.6. The Morgan fingerprint density at radius 3 is 2.81 bits per heavy atom. The molecule has 0 radical (unpaired) electrons. The number of hydrogen-bond donors (Lipinski definition) is 1. The summed E-state index contributed by atoms with van der Waals surface area (Å²) < 4.78 is 7.48. The van der Waals surface area contributed by atoms with Crippen LogP contribution in [0.1, 0.15) is 23.1 Å². The maximum absolute atomic E-state index is 12.3. The molecule has 0 saturated heterocycles. The van der Waals surface area contributed by atoms with E-state index in [2.05, 4.69) is 15.4 Å². The summed E-state index contributed by atoms with van der Waals surface area (Å²) in [5, 5.41) is 7.06. The van der Waals surface area contributed by atoms with Crippen LogP contribution in [0.3, 0.4) is 0 Å². The third-order valence-corrected chi connectivity index (χ3v) is 4.23. The fourth-order valence-corrected chi connectivity index (χ4v) is 2.62. The van der Waals surface area contributed by atoms with Crippen molar-refractivity contribution in [3.8, 4) is 5.75 Å². The Kier molecular flexibility index (Phi) is 5.63. The summed E-state index contributed by atoms with van der Waals surface area (Å²) in [7, 11) is 0. The van der Waals surface area contributed by atoms with Crippen molar-refractivity contribution in [3.05, 3.63) is 71.8 Å². The molecule has 0 bridgehead atoms. The van der Waals surface area contributed by atoms with Crippen LogP contribution in [-0.2, 0) is 11.3 Å². The highest BCUT2D eigenvalue weighted by molar-refractivity contribution is 5.91. The molecule has 1 aromatic heterocycles. The molecule has 6 nitrogen and oxygen atoms in total. The number of benzene rings is 2. The number of carbonyl (C=O) groups is 1. The number of nitrogens with zero attached hydrogens (tertiary/aromatic N) is 3. The Morgan fingerprint density at radius 2 is 2.00 bits per heavy atom. The van der Waals surface area contributed by atoms with Crippen LogP contribution in [0.5, 0.6) is 5.75 Å². The molecule has 0 unspecified atom stereocenters. The predicted octanol–water partition coefficient (Wildman–Crippen LogP) is 3.35. The van der Waals surface area contributed by atoms with Gasteiger partial charge in [0, 0.05) is 5.69 Å². The lowest BCUT2D eigenvalue weighted by atomic mass is 10.1. The molecular weight excluding hydrogens is 328 g/mol. The first-order valence-electron chi connectivity index (χ1n) is 8.52. The van der Waals surface area contributed by atoms with E-state index in [1.54, 1.807) is 11.0 Å². The predicted molar refractivity (Wildman–Crippen MR) is 100 cm³/mol. The van der Waals surface area contributed by atoms with Gasteiger partial charge in [-0.05, 0) is 42.7 Å². The van der Waals surface area contributed by atoms with E-state index < -0.39 is 0 Å². The second kappa shape index (κ2) is 8.29. The number of anilines is 1. The van der Waals surface area contributed by atoms with E-state index in [0.29, 0.717) is 13.2 Å². The lowest BCUT2D eigenvalue weighted by molar-refractivity contribution is -0.116. The molecule has 26 heavy (non-hydrogen) atoms. The van der Waals surface area contributed by atoms with Crippen LogP contribution < -0.4 is 10.1 Å². The highest BCUT2D eigenvalue weighted by atomic mass is 16.5. The average Bonchev–Trinajstić information content (AvgIpc) is 3.13. The molecule has 0 aliphatic carbocycles. The van der Waals surface area contributed by atoms with Gasteiger partial charge in [0.2, 0.25) is 5.91 Å². The second-order valence-electron chi connectivity index (χ2n) is 6.09. The van der Waals surface area contributed by atoms with Crippen molar-refractivity contribution in [1.82, 2.24) is 14.8 Å². The van der Waals surface area contributed by atoms with Crippen LogP contribution in [0.25, 0.3) is 0 Å². The standard InChI is InChI=1S/C20H22N4O2/c1-15-6-5-9-19(16(15)2)26-11-10-20(25)23-18-8-4-3-7-17(18)12-24-14-21-13-22-24/h3-9,13-14H,10-12H2,1-2H3,(H,23,25). The smallest absolute Gasteiger partial charge is 0.227 e. The summed E-state index contributed by atoms with van der Waals surface area (Å²) in [4.78, 5) is 16.2. The first kappa shape index (κ1) is 17.7. The minimum Gasteiger partial charge on any atom is -0.493 e. The summed E-state index contributed by atoms with van der Waals surface area (Å²) in [6.07, 6.45) is 3.42. The van der Waals surface area contributed by atoms with Crippen molar-refractivity contribution in [2.75, 3.05) is 11.9 Å². The SMILES string of the molecule is Cc1cccc(OCCC(=O)Nc2ccccc2Cn2cncn2)c1C. The monoisotopic (exact) mass is 350 g/mol. The number of aryl methyl sites for hydroxylation is 1. The van der Waals surface area contributed by atoms with Crippen LogP contribution in [0.15, 0.2) is 55.1 Å². The third kappa shape index (κ3) is 4.47. The molecule has 134 valence electrons. The van der Waals surface area contributed by atoms with Crippen molar-refractivity contribution < 1.29 is 9.53 Å². The molecule has 0 fully saturated rings. The van der Waals surface area contributed by atoms with Gasteiger partial charge in [0.25, 0.3) is 0 Å². The van der Waals surface area contributed by atoms with Crippen molar-refractivity contribution >= 4 is 11.6 Å². The minimum atomic E-state index is -0.0821. The van der Waals surface area contributed by atoms with E-state index in [4.69, 9.17) is 4.74 Å². The van der Waals surface area contributed by atoms with Crippen molar-refractivity contribution in [2.24, 2.45) is 0 Å². The van der Waals surface area contributed by atoms with Crippen molar-refractivity contribution in [2.45, 2.75) is 26.8 Å². The number of hydrogen-bond acceptors (Lipinski definition) is 4. The van der Waals surface area contributed by atoms with Gasteiger partial charge in [0.1, 0.15) is 18.4 Å². The molecule has 1 N–H and O–H groups in total. The van der Waals surface area contributed by atoms with E-state index >= 15 is 0 Å². The molecule has 1 amide bonds. The quantitative estimate of drug-likeness (QED) is 0.709. The van der Waals surface area contributed by atoms with E-state index in [1.807, 2.05) is 56.3 Å². The fraction of sp³-hybridized carbons (Fsp3) is 0.250. The highest BCUT2D eigenvalue weighted by Crippen LogP contribution is 2.21. The number of ether oxygens (including phenoxy) is 1. The zero-order chi connectivity index (χ0) is 18.4. The van der Waals surface area contributed by atoms with Gasteiger partial charge in [-0.25, -0.2) is 9.67 Å². The maximum Gasteiger partial charge on any atom is 0.227 e. The largest absolute Gasteiger partial charge is 0.493 e. The first-order chi connectivity index (χ1) is 12.6. The molecule has 2 aromatic carbocycles. The number of rotatable bonds is 7. The van der Waals surface area contributed by atoms with E-state index in [9.17, 15) is 4.79 Å². The highest BCUT2D eigenvalue weighted by Gasteiger charge is 2.09. The Balaban J connectivity index is 1.56. The number of nitrogens with one attached hydrogen (secondary N) is 1. The van der Waals surface area contributed by atoms with Gasteiger partial charge in [-0.15, -0.1) is 0 Å². The molecule has 0 aliphatic heterocycles.